The number of carbonyl (C=O) groups is 1. The molecule has 0 aliphatic heterocycles. The molecule has 0 heterocycles. The van der Waals surface area contributed by atoms with Crippen molar-refractivity contribution >= 4 is 33.6 Å². The van der Waals surface area contributed by atoms with Crippen LogP contribution in [-0.2, 0) is 10.1 Å². The number of benzene rings is 2. The van der Waals surface area contributed by atoms with Crippen LogP contribution in [0.3, 0.4) is 0 Å². The predicted octanol–water partition coefficient (Wildman–Crippen LogP) is 4.46. The van der Waals surface area contributed by atoms with Gasteiger partial charge in [0, 0.05) is 5.02 Å². The quantitative estimate of drug-likeness (QED) is 0.327. The molecule has 0 saturated carbocycles. The lowest BCUT2D eigenvalue weighted by Crippen LogP contribution is -2.28. The zero-order chi connectivity index (χ0) is 18.7. The molecule has 0 bridgehead atoms. The smallest absolute Gasteiger partial charge is 0.375 e. The predicted molar refractivity (Wildman–Crippen MR) is 86.9 cm³/mol. The molecule has 0 N–H and O–H groups in total. The second-order valence-corrected chi connectivity index (χ2v) is 6.71. The minimum absolute atomic E-state index is 0.0354. The first-order valence-corrected chi connectivity index (χ1v) is 8.46. The van der Waals surface area contributed by atoms with E-state index in [1.165, 1.54) is 6.08 Å². The summed E-state index contributed by atoms with van der Waals surface area (Å²) in [6.45, 7) is 0. The monoisotopic (exact) mass is 390 g/mol. The van der Waals surface area contributed by atoms with Crippen LogP contribution in [0.25, 0.3) is 6.08 Å². The molecule has 4 nitrogen and oxygen atoms in total. The van der Waals surface area contributed by atoms with Crippen LogP contribution in [-0.4, -0.2) is 19.7 Å². The maximum absolute atomic E-state index is 12.5. The van der Waals surface area contributed by atoms with E-state index in [1.807, 2.05) is 0 Å². The van der Waals surface area contributed by atoms with Crippen molar-refractivity contribution in [3.8, 4) is 5.75 Å². The van der Waals surface area contributed by atoms with E-state index in [2.05, 4.69) is 4.18 Å². The van der Waals surface area contributed by atoms with Gasteiger partial charge >= 0.3 is 15.6 Å². The number of halogens is 4. The number of rotatable bonds is 5. The fourth-order valence-corrected chi connectivity index (χ4v) is 2.41. The molecule has 2 rings (SSSR count). The molecule has 0 radical (unpaired) electrons. The van der Waals surface area contributed by atoms with E-state index in [0.29, 0.717) is 5.56 Å². The van der Waals surface area contributed by atoms with E-state index in [9.17, 15) is 26.4 Å². The Balaban J connectivity index is 2.36. The molecular formula is C16H10ClF3O4S. The van der Waals surface area contributed by atoms with Gasteiger partial charge in [-0.2, -0.15) is 21.6 Å². The molecule has 0 saturated heterocycles. The molecule has 9 heteroatoms. The average molecular weight is 391 g/mol. The third-order valence-electron chi connectivity index (χ3n) is 2.92. The van der Waals surface area contributed by atoms with E-state index in [4.69, 9.17) is 11.6 Å². The van der Waals surface area contributed by atoms with Crippen molar-refractivity contribution in [2.45, 2.75) is 5.51 Å². The molecule has 0 aliphatic rings. The van der Waals surface area contributed by atoms with E-state index in [1.54, 1.807) is 30.3 Å². The van der Waals surface area contributed by atoms with Crippen LogP contribution in [0.4, 0.5) is 13.2 Å². The lowest BCUT2D eigenvalue weighted by Gasteiger charge is -2.12. The van der Waals surface area contributed by atoms with Gasteiger partial charge in [-0.1, -0.05) is 48.0 Å². The Morgan fingerprint density at radius 3 is 2.32 bits per heavy atom. The summed E-state index contributed by atoms with van der Waals surface area (Å²) in [5, 5.41) is 0.0354. The number of alkyl halides is 3. The maximum Gasteiger partial charge on any atom is 0.534 e. The summed E-state index contributed by atoms with van der Waals surface area (Å²) < 4.78 is 63.7. The van der Waals surface area contributed by atoms with Crippen LogP contribution < -0.4 is 4.18 Å². The number of carbonyl (C=O) groups excluding carboxylic acids is 1. The zero-order valence-corrected chi connectivity index (χ0v) is 13.9. The van der Waals surface area contributed by atoms with Crippen LogP contribution in [0, 0.1) is 0 Å². The molecule has 0 aliphatic carbocycles. The summed E-state index contributed by atoms with van der Waals surface area (Å²) in [6.07, 6.45) is 2.50. The van der Waals surface area contributed by atoms with Crippen LogP contribution >= 0.6 is 11.6 Å². The van der Waals surface area contributed by atoms with Gasteiger partial charge in [-0.3, -0.25) is 4.79 Å². The number of hydrogen-bond donors (Lipinski definition) is 0. The fourth-order valence-electron chi connectivity index (χ4n) is 1.76. The number of hydrogen-bond acceptors (Lipinski definition) is 4. The van der Waals surface area contributed by atoms with Gasteiger partial charge in [0.1, 0.15) is 0 Å². The minimum Gasteiger partial charge on any atom is -0.375 e. The molecule has 0 amide bonds. The van der Waals surface area contributed by atoms with Gasteiger partial charge < -0.3 is 4.18 Å². The van der Waals surface area contributed by atoms with Crippen LogP contribution in [0.1, 0.15) is 15.9 Å². The van der Waals surface area contributed by atoms with E-state index < -0.39 is 32.7 Å². The molecule has 2 aromatic rings. The Morgan fingerprint density at radius 2 is 1.72 bits per heavy atom. The van der Waals surface area contributed by atoms with E-state index >= 15 is 0 Å². The molecule has 132 valence electrons. The lowest BCUT2D eigenvalue weighted by atomic mass is 10.1. The standard InChI is InChI=1S/C16H10ClF3O4S/c17-12-7-9-15(24-25(22,23)16(18,19)20)13(10-12)14(21)8-6-11-4-2-1-3-5-11/h1-10H/b8-6+. The number of ketones is 1. The SMILES string of the molecule is O=C(/C=C/c1ccccc1)c1cc(Cl)ccc1OS(=O)(=O)C(F)(F)F. The maximum atomic E-state index is 12.5. The Bertz CT molecular complexity index is 907. The summed E-state index contributed by atoms with van der Waals surface area (Å²) in [5.41, 5.74) is -5.36. The highest BCUT2D eigenvalue weighted by Crippen LogP contribution is 2.30. The average Bonchev–Trinajstić information content (AvgIpc) is 2.54. The molecular weight excluding hydrogens is 381 g/mol. The van der Waals surface area contributed by atoms with Crippen molar-refractivity contribution in [2.24, 2.45) is 0 Å². The highest BCUT2D eigenvalue weighted by Gasteiger charge is 2.48. The second kappa shape index (κ2) is 7.28. The molecule has 25 heavy (non-hydrogen) atoms. The fraction of sp³-hybridized carbons (Fsp3) is 0.0625. The van der Waals surface area contributed by atoms with Crippen molar-refractivity contribution in [3.63, 3.8) is 0 Å². The van der Waals surface area contributed by atoms with Crippen molar-refractivity contribution in [1.82, 2.24) is 0 Å². The largest absolute Gasteiger partial charge is 0.534 e. The Morgan fingerprint density at radius 1 is 1.08 bits per heavy atom. The molecule has 0 fully saturated rings. The van der Waals surface area contributed by atoms with Gasteiger partial charge in [0.15, 0.2) is 11.5 Å². The Kier molecular flexibility index (Phi) is 5.54. The normalized spacial score (nSPS) is 12.3. The van der Waals surface area contributed by atoms with Gasteiger partial charge in [-0.05, 0) is 29.8 Å². The Hall–Kier alpha value is -2.32. The van der Waals surface area contributed by atoms with Gasteiger partial charge in [-0.15, -0.1) is 0 Å². The first kappa shape index (κ1) is 19.0. The molecule has 2 aromatic carbocycles. The molecule has 0 spiro atoms. The second-order valence-electron chi connectivity index (χ2n) is 4.73. The first-order valence-electron chi connectivity index (χ1n) is 6.68. The Labute approximate surface area is 146 Å². The summed E-state index contributed by atoms with van der Waals surface area (Å²) in [7, 11) is -5.91. The highest BCUT2D eigenvalue weighted by molar-refractivity contribution is 7.88. The summed E-state index contributed by atoms with van der Waals surface area (Å²) >= 11 is 5.74. The third-order valence-corrected chi connectivity index (χ3v) is 4.12. The molecule has 0 unspecified atom stereocenters. The number of allylic oxidation sites excluding steroid dienone is 1. The van der Waals surface area contributed by atoms with Gasteiger partial charge in [0.25, 0.3) is 0 Å². The van der Waals surface area contributed by atoms with E-state index in [-0.39, 0.29) is 5.02 Å². The molecule has 0 atom stereocenters. The minimum atomic E-state index is -5.91. The first-order chi connectivity index (χ1) is 11.6. The topological polar surface area (TPSA) is 60.4 Å². The van der Waals surface area contributed by atoms with Crippen LogP contribution in [0.5, 0.6) is 5.75 Å². The highest BCUT2D eigenvalue weighted by atomic mass is 35.5. The van der Waals surface area contributed by atoms with E-state index in [0.717, 1.165) is 24.3 Å². The molecule has 0 aromatic heterocycles. The van der Waals surface area contributed by atoms with Crippen molar-refractivity contribution in [1.29, 1.82) is 0 Å². The van der Waals surface area contributed by atoms with Crippen molar-refractivity contribution in [2.75, 3.05) is 0 Å². The van der Waals surface area contributed by atoms with Crippen LogP contribution in [0.2, 0.25) is 5.02 Å². The van der Waals surface area contributed by atoms with Crippen molar-refractivity contribution in [3.05, 3.63) is 70.8 Å². The van der Waals surface area contributed by atoms with Gasteiger partial charge in [0.2, 0.25) is 0 Å². The zero-order valence-electron chi connectivity index (χ0n) is 12.3. The summed E-state index contributed by atoms with van der Waals surface area (Å²) in [4.78, 5) is 12.2. The van der Waals surface area contributed by atoms with Crippen LogP contribution in [0.15, 0.2) is 54.6 Å². The van der Waals surface area contributed by atoms with Gasteiger partial charge in [0.05, 0.1) is 5.56 Å². The third kappa shape index (κ3) is 4.83. The summed E-state index contributed by atoms with van der Waals surface area (Å²) in [5.74, 6) is -1.52. The van der Waals surface area contributed by atoms with Gasteiger partial charge in [-0.25, -0.2) is 0 Å². The summed E-state index contributed by atoms with van der Waals surface area (Å²) in [6, 6.07) is 11.7. The van der Waals surface area contributed by atoms with Crippen molar-refractivity contribution < 1.29 is 30.6 Å². The lowest BCUT2D eigenvalue weighted by molar-refractivity contribution is -0.0500.